The first-order chi connectivity index (χ1) is 13.0. The van der Waals surface area contributed by atoms with Crippen LogP contribution in [-0.2, 0) is 11.2 Å². The average Bonchev–Trinajstić information content (AvgIpc) is 2.66. The van der Waals surface area contributed by atoms with Gasteiger partial charge in [-0.05, 0) is 42.3 Å². The van der Waals surface area contributed by atoms with E-state index in [1.807, 2.05) is 6.92 Å². The monoisotopic (exact) mass is 385 g/mol. The number of hydrogen-bond acceptors (Lipinski definition) is 4. The Kier molecular flexibility index (Phi) is 7.65. The van der Waals surface area contributed by atoms with E-state index in [-0.39, 0.29) is 23.4 Å². The van der Waals surface area contributed by atoms with Crippen LogP contribution in [0.3, 0.4) is 0 Å². The molecular formula is C20H20ClN3O3. The molecule has 0 unspecified atom stereocenters. The van der Waals surface area contributed by atoms with Crippen molar-refractivity contribution in [2.45, 2.75) is 19.8 Å². The lowest BCUT2D eigenvalue weighted by atomic mass is 10.2. The van der Waals surface area contributed by atoms with E-state index in [2.05, 4.69) is 16.7 Å². The highest BCUT2D eigenvalue weighted by molar-refractivity contribution is 6.34. The number of benzene rings is 2. The molecule has 2 amide bonds. The van der Waals surface area contributed by atoms with Crippen molar-refractivity contribution in [1.29, 1.82) is 5.26 Å². The lowest BCUT2D eigenvalue weighted by Gasteiger charge is -2.10. The molecule has 27 heavy (non-hydrogen) atoms. The summed E-state index contributed by atoms with van der Waals surface area (Å²) in [5.41, 5.74) is 1.72. The second kappa shape index (κ2) is 10.2. The largest absolute Gasteiger partial charge is 0.484 e. The van der Waals surface area contributed by atoms with Crippen molar-refractivity contribution in [3.8, 4) is 11.8 Å². The van der Waals surface area contributed by atoms with E-state index in [0.717, 1.165) is 12.0 Å². The van der Waals surface area contributed by atoms with E-state index >= 15 is 0 Å². The molecule has 0 bridgehead atoms. The Balaban J connectivity index is 1.89. The molecule has 0 spiro atoms. The van der Waals surface area contributed by atoms with Gasteiger partial charge in [0, 0.05) is 12.2 Å². The van der Waals surface area contributed by atoms with Crippen molar-refractivity contribution < 1.29 is 14.3 Å². The van der Waals surface area contributed by atoms with Gasteiger partial charge in [0.25, 0.3) is 11.8 Å². The van der Waals surface area contributed by atoms with Gasteiger partial charge >= 0.3 is 0 Å². The number of carbonyl (C=O) groups is 2. The van der Waals surface area contributed by atoms with Crippen molar-refractivity contribution in [3.05, 3.63) is 58.6 Å². The minimum Gasteiger partial charge on any atom is -0.484 e. The molecule has 0 radical (unpaired) electrons. The highest BCUT2D eigenvalue weighted by atomic mass is 35.5. The van der Waals surface area contributed by atoms with Crippen LogP contribution in [0.1, 0.15) is 29.3 Å². The zero-order valence-corrected chi connectivity index (χ0v) is 15.7. The summed E-state index contributed by atoms with van der Waals surface area (Å²) in [5.74, 6) is -0.0638. The van der Waals surface area contributed by atoms with Gasteiger partial charge in [-0.1, -0.05) is 30.7 Å². The highest BCUT2D eigenvalue weighted by Crippen LogP contribution is 2.21. The fourth-order valence-electron chi connectivity index (χ4n) is 2.25. The van der Waals surface area contributed by atoms with E-state index in [1.54, 1.807) is 36.4 Å². The SMILES string of the molecule is CCCNC(=O)c1ccc(NC(=O)COc2ccc(CC#N)cc2)cc1Cl. The number of halogens is 1. The molecular weight excluding hydrogens is 366 g/mol. The fraction of sp³-hybridized carbons (Fsp3) is 0.250. The Hall–Kier alpha value is -3.04. The van der Waals surface area contributed by atoms with E-state index in [1.165, 1.54) is 6.07 Å². The molecule has 0 saturated heterocycles. The first-order valence-electron chi connectivity index (χ1n) is 8.49. The zero-order chi connectivity index (χ0) is 19.6. The van der Waals surface area contributed by atoms with Gasteiger partial charge in [-0.15, -0.1) is 0 Å². The Bertz CT molecular complexity index is 845. The van der Waals surface area contributed by atoms with Gasteiger partial charge in [0.05, 0.1) is 23.1 Å². The third kappa shape index (κ3) is 6.32. The molecule has 0 saturated carbocycles. The summed E-state index contributed by atoms with van der Waals surface area (Å²) in [6.07, 6.45) is 1.16. The number of nitrogens with one attached hydrogen (secondary N) is 2. The average molecular weight is 386 g/mol. The van der Waals surface area contributed by atoms with E-state index in [4.69, 9.17) is 21.6 Å². The maximum atomic E-state index is 12.0. The van der Waals surface area contributed by atoms with Crippen LogP contribution in [0.25, 0.3) is 0 Å². The molecule has 7 heteroatoms. The second-order valence-electron chi connectivity index (χ2n) is 5.77. The Labute approximate surface area is 163 Å². The summed E-state index contributed by atoms with van der Waals surface area (Å²) in [6.45, 7) is 2.36. The molecule has 0 aliphatic rings. The fourth-order valence-corrected chi connectivity index (χ4v) is 2.52. The molecule has 2 rings (SSSR count). The van der Waals surface area contributed by atoms with E-state index < -0.39 is 0 Å². The molecule has 0 aliphatic heterocycles. The van der Waals surface area contributed by atoms with Crippen molar-refractivity contribution in [1.82, 2.24) is 5.32 Å². The van der Waals surface area contributed by atoms with Crippen LogP contribution in [0.5, 0.6) is 5.75 Å². The van der Waals surface area contributed by atoms with Gasteiger partial charge in [0.1, 0.15) is 5.75 Å². The Morgan fingerprint density at radius 3 is 2.56 bits per heavy atom. The van der Waals surface area contributed by atoms with Gasteiger partial charge in [-0.2, -0.15) is 5.26 Å². The topological polar surface area (TPSA) is 91.2 Å². The van der Waals surface area contributed by atoms with E-state index in [0.29, 0.717) is 30.0 Å². The van der Waals surface area contributed by atoms with Crippen molar-refractivity contribution in [2.75, 3.05) is 18.5 Å². The van der Waals surface area contributed by atoms with Gasteiger partial charge in [0.15, 0.2) is 6.61 Å². The molecule has 0 aromatic heterocycles. The number of hydrogen-bond donors (Lipinski definition) is 2. The molecule has 2 N–H and O–H groups in total. The first-order valence-corrected chi connectivity index (χ1v) is 8.87. The van der Waals surface area contributed by atoms with Crippen LogP contribution in [0.15, 0.2) is 42.5 Å². The highest BCUT2D eigenvalue weighted by Gasteiger charge is 2.11. The third-order valence-corrected chi connectivity index (χ3v) is 3.92. The lowest BCUT2D eigenvalue weighted by Crippen LogP contribution is -2.24. The molecule has 2 aromatic carbocycles. The number of nitrogens with zero attached hydrogens (tertiary/aromatic N) is 1. The molecule has 0 atom stereocenters. The van der Waals surface area contributed by atoms with Crippen molar-refractivity contribution in [2.24, 2.45) is 0 Å². The van der Waals surface area contributed by atoms with Crippen LogP contribution in [0.2, 0.25) is 5.02 Å². The predicted molar refractivity (Wildman–Crippen MR) is 104 cm³/mol. The second-order valence-corrected chi connectivity index (χ2v) is 6.17. The lowest BCUT2D eigenvalue weighted by molar-refractivity contribution is -0.118. The Morgan fingerprint density at radius 1 is 1.19 bits per heavy atom. The summed E-state index contributed by atoms with van der Waals surface area (Å²) in [7, 11) is 0. The van der Waals surface area contributed by atoms with Gasteiger partial charge in [-0.3, -0.25) is 9.59 Å². The summed E-state index contributed by atoms with van der Waals surface area (Å²) >= 11 is 6.13. The van der Waals surface area contributed by atoms with Crippen molar-refractivity contribution >= 4 is 29.1 Å². The smallest absolute Gasteiger partial charge is 0.262 e. The molecule has 0 aliphatic carbocycles. The number of rotatable bonds is 8. The van der Waals surface area contributed by atoms with Crippen LogP contribution < -0.4 is 15.4 Å². The minimum atomic E-state index is -0.352. The maximum absolute atomic E-state index is 12.0. The maximum Gasteiger partial charge on any atom is 0.262 e. The molecule has 0 fully saturated rings. The van der Waals surface area contributed by atoms with Crippen LogP contribution in [0.4, 0.5) is 5.69 Å². The van der Waals surface area contributed by atoms with Crippen LogP contribution >= 0.6 is 11.6 Å². The molecule has 140 valence electrons. The summed E-state index contributed by atoms with van der Waals surface area (Å²) in [5, 5.41) is 14.3. The predicted octanol–water partition coefficient (Wildman–Crippen LogP) is 3.56. The molecule has 2 aromatic rings. The molecule has 0 heterocycles. The summed E-state index contributed by atoms with van der Waals surface area (Å²) in [6, 6.07) is 13.7. The number of carbonyl (C=O) groups excluding carboxylic acids is 2. The van der Waals surface area contributed by atoms with Gasteiger partial charge < -0.3 is 15.4 Å². The van der Waals surface area contributed by atoms with Gasteiger partial charge in [0.2, 0.25) is 0 Å². The van der Waals surface area contributed by atoms with E-state index in [9.17, 15) is 9.59 Å². The van der Waals surface area contributed by atoms with Gasteiger partial charge in [-0.25, -0.2) is 0 Å². The normalized spacial score (nSPS) is 9.96. The first kappa shape index (κ1) is 20.3. The summed E-state index contributed by atoms with van der Waals surface area (Å²) in [4.78, 5) is 24.0. The molecule has 6 nitrogen and oxygen atoms in total. The zero-order valence-electron chi connectivity index (χ0n) is 14.9. The standard InChI is InChI=1S/C20H20ClN3O3/c1-2-11-23-20(26)17-8-5-15(12-18(17)21)24-19(25)13-27-16-6-3-14(4-7-16)9-10-22/h3-8,12H,2,9,11,13H2,1H3,(H,23,26)(H,24,25). The minimum absolute atomic E-state index is 0.173. The van der Waals surface area contributed by atoms with Crippen molar-refractivity contribution in [3.63, 3.8) is 0 Å². The summed E-state index contributed by atoms with van der Waals surface area (Å²) < 4.78 is 5.42. The van der Waals surface area contributed by atoms with Crippen LogP contribution in [0, 0.1) is 11.3 Å². The number of ether oxygens (including phenoxy) is 1. The number of nitriles is 1. The number of amides is 2. The third-order valence-electron chi connectivity index (χ3n) is 3.61. The Morgan fingerprint density at radius 2 is 1.93 bits per heavy atom. The quantitative estimate of drug-likeness (QED) is 0.726. The number of anilines is 1. The van der Waals surface area contributed by atoms with Crippen LogP contribution in [-0.4, -0.2) is 25.0 Å².